The molecule has 0 fully saturated rings. The van der Waals surface area contributed by atoms with Gasteiger partial charge in [-0.3, -0.25) is 14.9 Å². The van der Waals surface area contributed by atoms with Crippen LogP contribution in [0.15, 0.2) is 35.5 Å². The monoisotopic (exact) mass is 262 g/mol. The minimum absolute atomic E-state index is 0.0815. The second-order valence-electron chi connectivity index (χ2n) is 4.36. The van der Waals surface area contributed by atoms with Gasteiger partial charge in [0.1, 0.15) is 11.8 Å². The van der Waals surface area contributed by atoms with Gasteiger partial charge in [0.15, 0.2) is 0 Å². The highest BCUT2D eigenvalue weighted by Gasteiger charge is 2.26. The predicted molar refractivity (Wildman–Crippen MR) is 68.8 cm³/mol. The number of nitrogens with zero attached hydrogens (tertiary/aromatic N) is 2. The topological polar surface area (TPSA) is 81.8 Å². The third-order valence-electron chi connectivity index (χ3n) is 2.90. The summed E-state index contributed by atoms with van der Waals surface area (Å²) in [5, 5.41) is 14.0. The molecule has 2 rings (SSSR count). The van der Waals surface area contributed by atoms with Crippen LogP contribution in [-0.2, 0) is 4.84 Å². The molecule has 1 aromatic rings. The van der Waals surface area contributed by atoms with Gasteiger partial charge in [-0.25, -0.2) is 0 Å². The summed E-state index contributed by atoms with van der Waals surface area (Å²) in [7, 11) is 0. The molecule has 19 heavy (non-hydrogen) atoms. The average molecular weight is 262 g/mol. The third kappa shape index (κ3) is 3.61. The smallest absolute Gasteiger partial charge is 0.210 e. The molecule has 0 bridgehead atoms. The lowest BCUT2D eigenvalue weighted by Gasteiger charge is -2.05. The van der Waals surface area contributed by atoms with Crippen molar-refractivity contribution in [1.29, 1.82) is 0 Å². The minimum Gasteiger partial charge on any atom is -0.392 e. The number of Topliss-reactive ketones (excluding diaryl/α,β-unsaturated/α-hetero) is 1. The van der Waals surface area contributed by atoms with Crippen molar-refractivity contribution in [2.45, 2.75) is 25.4 Å². The molecule has 0 saturated carbocycles. The van der Waals surface area contributed by atoms with Crippen molar-refractivity contribution in [3.05, 3.63) is 46.0 Å². The van der Waals surface area contributed by atoms with Crippen LogP contribution < -0.4 is 0 Å². The van der Waals surface area contributed by atoms with Crippen LogP contribution in [0.1, 0.15) is 29.6 Å². The number of carbonyl (C=O) groups is 1. The number of ketones is 1. The van der Waals surface area contributed by atoms with Crippen molar-refractivity contribution in [2.75, 3.05) is 6.54 Å². The van der Waals surface area contributed by atoms with E-state index in [9.17, 15) is 14.9 Å². The fourth-order valence-electron chi connectivity index (χ4n) is 1.92. The van der Waals surface area contributed by atoms with Crippen LogP contribution in [0.4, 0.5) is 0 Å². The van der Waals surface area contributed by atoms with Gasteiger partial charge in [0.2, 0.25) is 12.3 Å². The zero-order valence-electron chi connectivity index (χ0n) is 10.3. The Hall–Kier alpha value is -2.24. The number of rotatable bonds is 6. The maximum absolute atomic E-state index is 12.1. The van der Waals surface area contributed by atoms with E-state index in [0.29, 0.717) is 30.5 Å². The van der Waals surface area contributed by atoms with Crippen LogP contribution >= 0.6 is 0 Å². The van der Waals surface area contributed by atoms with Gasteiger partial charge in [-0.15, -0.1) is 0 Å². The molecule has 0 amide bonds. The molecule has 1 aliphatic heterocycles. The van der Waals surface area contributed by atoms with Crippen LogP contribution in [0.25, 0.3) is 0 Å². The Morgan fingerprint density at radius 2 is 2.16 bits per heavy atom. The molecule has 0 aromatic heterocycles. The van der Waals surface area contributed by atoms with Gasteiger partial charge >= 0.3 is 0 Å². The summed E-state index contributed by atoms with van der Waals surface area (Å²) >= 11 is 0. The van der Waals surface area contributed by atoms with E-state index in [-0.39, 0.29) is 23.4 Å². The second-order valence-corrected chi connectivity index (χ2v) is 4.36. The molecule has 0 saturated heterocycles. The number of benzene rings is 1. The summed E-state index contributed by atoms with van der Waals surface area (Å²) in [5.74, 6) is -0.141. The molecule has 0 radical (unpaired) electrons. The molecule has 6 nitrogen and oxygen atoms in total. The Morgan fingerprint density at radius 3 is 2.84 bits per heavy atom. The Bertz CT molecular complexity index is 499. The van der Waals surface area contributed by atoms with E-state index >= 15 is 0 Å². The van der Waals surface area contributed by atoms with Gasteiger partial charge in [0.05, 0.1) is 0 Å². The van der Waals surface area contributed by atoms with Crippen LogP contribution in [-0.4, -0.2) is 29.1 Å². The first kappa shape index (κ1) is 13.2. The van der Waals surface area contributed by atoms with Crippen molar-refractivity contribution in [3.63, 3.8) is 0 Å². The van der Waals surface area contributed by atoms with E-state index in [1.165, 1.54) is 0 Å². The average Bonchev–Trinajstić information content (AvgIpc) is 2.87. The highest BCUT2D eigenvalue weighted by molar-refractivity contribution is 6.46. The Balaban J connectivity index is 1.84. The summed E-state index contributed by atoms with van der Waals surface area (Å²) in [6.07, 6.45) is 1.17. The van der Waals surface area contributed by atoms with E-state index in [2.05, 4.69) is 5.16 Å². The third-order valence-corrected chi connectivity index (χ3v) is 2.90. The fraction of sp³-hybridized carbons (Fsp3) is 0.385. The predicted octanol–water partition coefficient (Wildman–Crippen LogP) is 2.07. The van der Waals surface area contributed by atoms with E-state index in [0.717, 1.165) is 0 Å². The largest absolute Gasteiger partial charge is 0.392 e. The lowest BCUT2D eigenvalue weighted by atomic mass is 10.0. The molecular weight excluding hydrogens is 248 g/mol. The Labute approximate surface area is 110 Å². The van der Waals surface area contributed by atoms with Gasteiger partial charge in [-0.1, -0.05) is 35.5 Å². The molecule has 1 aliphatic rings. The Morgan fingerprint density at radius 1 is 1.42 bits per heavy atom. The number of oxime groups is 1. The van der Waals surface area contributed by atoms with E-state index in [1.54, 1.807) is 24.3 Å². The maximum atomic E-state index is 12.1. The standard InChI is InChI=1S/C13H14N2O4/c16-13(10-5-2-1-3-6-10)12-9-11(19-14-12)7-4-8-15(17)18/h1-3,5-6,11H,4,7-9H2. The summed E-state index contributed by atoms with van der Waals surface area (Å²) in [4.78, 5) is 27.0. The first-order chi connectivity index (χ1) is 9.16. The maximum Gasteiger partial charge on any atom is 0.210 e. The zero-order valence-corrected chi connectivity index (χ0v) is 10.3. The van der Waals surface area contributed by atoms with Crippen LogP contribution in [0, 0.1) is 10.1 Å². The van der Waals surface area contributed by atoms with Crippen molar-refractivity contribution in [2.24, 2.45) is 5.16 Å². The highest BCUT2D eigenvalue weighted by Crippen LogP contribution is 2.18. The lowest BCUT2D eigenvalue weighted by Crippen LogP contribution is -2.16. The lowest BCUT2D eigenvalue weighted by molar-refractivity contribution is -0.480. The number of carbonyl (C=O) groups excluding carboxylic acids is 1. The van der Waals surface area contributed by atoms with E-state index < -0.39 is 0 Å². The van der Waals surface area contributed by atoms with Gasteiger partial charge in [0.25, 0.3) is 0 Å². The molecule has 6 heteroatoms. The zero-order chi connectivity index (χ0) is 13.7. The molecule has 1 unspecified atom stereocenters. The number of hydrogen-bond acceptors (Lipinski definition) is 5. The second kappa shape index (κ2) is 6.08. The summed E-state index contributed by atoms with van der Waals surface area (Å²) in [6.45, 7) is -0.0815. The van der Waals surface area contributed by atoms with Crippen molar-refractivity contribution in [3.8, 4) is 0 Å². The van der Waals surface area contributed by atoms with Gasteiger partial charge in [-0.05, 0) is 6.42 Å². The number of nitro groups is 1. The van der Waals surface area contributed by atoms with Crippen LogP contribution in [0.3, 0.4) is 0 Å². The Kier molecular flexibility index (Phi) is 4.22. The van der Waals surface area contributed by atoms with Crippen molar-refractivity contribution >= 4 is 11.5 Å². The molecule has 1 atom stereocenters. The van der Waals surface area contributed by atoms with Crippen LogP contribution in [0.5, 0.6) is 0 Å². The molecule has 0 aliphatic carbocycles. The normalized spacial score (nSPS) is 17.7. The quantitative estimate of drug-likeness (QED) is 0.446. The summed E-state index contributed by atoms with van der Waals surface area (Å²) in [5.41, 5.74) is 0.966. The molecule has 0 N–H and O–H groups in total. The van der Waals surface area contributed by atoms with Gasteiger partial charge < -0.3 is 4.84 Å². The van der Waals surface area contributed by atoms with Crippen molar-refractivity contribution < 1.29 is 14.6 Å². The van der Waals surface area contributed by atoms with E-state index in [1.807, 2.05) is 6.07 Å². The first-order valence-corrected chi connectivity index (χ1v) is 6.11. The molecule has 1 heterocycles. The van der Waals surface area contributed by atoms with Gasteiger partial charge in [0, 0.05) is 23.3 Å². The molecule has 1 aromatic carbocycles. The fourth-order valence-corrected chi connectivity index (χ4v) is 1.92. The highest BCUT2D eigenvalue weighted by atomic mass is 16.6. The van der Waals surface area contributed by atoms with Crippen LogP contribution in [0.2, 0.25) is 0 Å². The number of hydrogen-bond donors (Lipinski definition) is 0. The van der Waals surface area contributed by atoms with Crippen molar-refractivity contribution in [1.82, 2.24) is 0 Å². The SMILES string of the molecule is O=C(C1=NOC(CCC[N+](=O)[O-])C1)c1ccccc1. The summed E-state index contributed by atoms with van der Waals surface area (Å²) < 4.78 is 0. The minimum atomic E-state index is -0.355. The van der Waals surface area contributed by atoms with Gasteiger partial charge in [-0.2, -0.15) is 0 Å². The molecular formula is C13H14N2O4. The molecule has 0 spiro atoms. The van der Waals surface area contributed by atoms with E-state index in [4.69, 9.17) is 4.84 Å². The first-order valence-electron chi connectivity index (χ1n) is 6.11. The molecule has 100 valence electrons. The summed E-state index contributed by atoms with van der Waals surface area (Å²) in [6, 6.07) is 8.87.